The van der Waals surface area contributed by atoms with Crippen LogP contribution in [0, 0.1) is 0 Å². The molecule has 0 atom stereocenters. The van der Waals surface area contributed by atoms with Crippen molar-refractivity contribution in [2.45, 2.75) is 51.1 Å². The lowest BCUT2D eigenvalue weighted by Gasteiger charge is -2.34. The topological polar surface area (TPSA) is 67.4 Å². The van der Waals surface area contributed by atoms with Crippen LogP contribution in [-0.2, 0) is 4.12 Å². The Morgan fingerprint density at radius 2 is 1.03 bits per heavy atom. The van der Waals surface area contributed by atoms with Gasteiger partial charge < -0.3 is 14.7 Å². The van der Waals surface area contributed by atoms with Gasteiger partial charge in [-0.05, 0) is 99.6 Å². The van der Waals surface area contributed by atoms with Gasteiger partial charge in [0.2, 0.25) is 0 Å². The standard InChI is InChI=1S/C24H34Cl2N2O3Si2/c1-32(2,17-5-15-27-23(29)19-7-11-21(25)12-8-19)31-33(3,4)18-6-16-28-24(30)20-9-13-22(26)14-10-20/h7-14H,5-6,15-18H2,1-4H3,(H,27,29)(H,28,30). The Morgan fingerprint density at radius 1 is 0.697 bits per heavy atom. The Hall–Kier alpha value is -1.65. The maximum absolute atomic E-state index is 12.2. The van der Waals surface area contributed by atoms with Crippen LogP contribution in [0.15, 0.2) is 48.5 Å². The van der Waals surface area contributed by atoms with Crippen molar-refractivity contribution in [2.75, 3.05) is 13.1 Å². The molecule has 0 saturated heterocycles. The molecule has 0 bridgehead atoms. The molecule has 33 heavy (non-hydrogen) atoms. The van der Waals surface area contributed by atoms with E-state index in [4.69, 9.17) is 27.3 Å². The molecule has 2 N–H and O–H groups in total. The van der Waals surface area contributed by atoms with E-state index < -0.39 is 16.6 Å². The predicted molar refractivity (Wildman–Crippen MR) is 142 cm³/mol. The summed E-state index contributed by atoms with van der Waals surface area (Å²) in [6.07, 6.45) is 1.78. The molecule has 2 rings (SSSR count). The van der Waals surface area contributed by atoms with Gasteiger partial charge in [-0.1, -0.05) is 23.2 Å². The largest absolute Gasteiger partial charge is 0.455 e. The summed E-state index contributed by atoms with van der Waals surface area (Å²) in [6.45, 7) is 10.2. The van der Waals surface area contributed by atoms with E-state index in [1.54, 1.807) is 48.5 Å². The third kappa shape index (κ3) is 10.4. The molecule has 0 aliphatic heterocycles. The molecule has 0 spiro atoms. The Labute approximate surface area is 209 Å². The Bertz CT molecular complexity index is 845. The van der Waals surface area contributed by atoms with Gasteiger partial charge in [-0.2, -0.15) is 0 Å². The highest BCUT2D eigenvalue weighted by Crippen LogP contribution is 2.23. The van der Waals surface area contributed by atoms with Gasteiger partial charge in [-0.3, -0.25) is 9.59 Å². The minimum atomic E-state index is -1.84. The van der Waals surface area contributed by atoms with Crippen LogP contribution in [0.2, 0.25) is 48.3 Å². The average molecular weight is 526 g/mol. The molecule has 0 unspecified atom stereocenters. The first kappa shape index (κ1) is 27.6. The zero-order chi connectivity index (χ0) is 24.5. The Kier molecular flexibility index (Phi) is 10.6. The third-order valence-corrected chi connectivity index (χ3v) is 13.3. The van der Waals surface area contributed by atoms with Crippen molar-refractivity contribution in [3.8, 4) is 0 Å². The summed E-state index contributed by atoms with van der Waals surface area (Å²) in [5, 5.41) is 7.18. The molecule has 2 aromatic carbocycles. The summed E-state index contributed by atoms with van der Waals surface area (Å²) in [5.74, 6) is -0.162. The van der Waals surface area contributed by atoms with E-state index in [0.29, 0.717) is 34.3 Å². The first-order chi connectivity index (χ1) is 15.5. The van der Waals surface area contributed by atoms with Gasteiger partial charge in [0.15, 0.2) is 16.6 Å². The maximum atomic E-state index is 12.2. The van der Waals surface area contributed by atoms with E-state index in [9.17, 15) is 9.59 Å². The number of benzene rings is 2. The van der Waals surface area contributed by atoms with E-state index in [-0.39, 0.29) is 11.8 Å². The average Bonchev–Trinajstić information content (AvgIpc) is 2.74. The monoisotopic (exact) mass is 524 g/mol. The van der Waals surface area contributed by atoms with Crippen molar-refractivity contribution in [1.82, 2.24) is 10.6 Å². The molecular formula is C24H34Cl2N2O3Si2. The fourth-order valence-corrected chi connectivity index (χ4v) is 12.8. The quantitative estimate of drug-likeness (QED) is 0.250. The van der Waals surface area contributed by atoms with Crippen LogP contribution in [0.5, 0.6) is 0 Å². The van der Waals surface area contributed by atoms with Crippen molar-refractivity contribution in [2.24, 2.45) is 0 Å². The lowest BCUT2D eigenvalue weighted by Crippen LogP contribution is -2.45. The maximum Gasteiger partial charge on any atom is 0.251 e. The number of hydrogen-bond donors (Lipinski definition) is 2. The molecule has 180 valence electrons. The molecule has 5 nitrogen and oxygen atoms in total. The lowest BCUT2D eigenvalue weighted by molar-refractivity contribution is 0.0945. The van der Waals surface area contributed by atoms with Crippen molar-refractivity contribution < 1.29 is 13.7 Å². The van der Waals surface area contributed by atoms with Gasteiger partial charge in [0, 0.05) is 34.3 Å². The lowest BCUT2D eigenvalue weighted by atomic mass is 10.2. The number of carbonyl (C=O) groups excluding carboxylic acids is 2. The summed E-state index contributed by atoms with van der Waals surface area (Å²) < 4.78 is 6.66. The van der Waals surface area contributed by atoms with Crippen LogP contribution in [0.4, 0.5) is 0 Å². The molecule has 0 aromatic heterocycles. The molecule has 0 radical (unpaired) electrons. The fraction of sp³-hybridized carbons (Fsp3) is 0.417. The molecule has 9 heteroatoms. The minimum absolute atomic E-state index is 0.0811. The van der Waals surface area contributed by atoms with Crippen molar-refractivity contribution in [3.05, 3.63) is 69.7 Å². The van der Waals surface area contributed by atoms with Crippen molar-refractivity contribution in [3.63, 3.8) is 0 Å². The summed E-state index contributed by atoms with van der Waals surface area (Å²) in [6, 6.07) is 15.8. The van der Waals surface area contributed by atoms with E-state index in [2.05, 4.69) is 36.8 Å². The predicted octanol–water partition coefficient (Wildman–Crippen LogP) is 6.36. The van der Waals surface area contributed by atoms with Gasteiger partial charge in [0.05, 0.1) is 0 Å². The van der Waals surface area contributed by atoms with Crippen LogP contribution in [0.25, 0.3) is 0 Å². The summed E-state index contributed by atoms with van der Waals surface area (Å²) in [5.41, 5.74) is 1.23. The number of nitrogens with one attached hydrogen (secondary N) is 2. The summed E-state index contributed by atoms with van der Waals surface area (Å²) >= 11 is 11.7. The van der Waals surface area contributed by atoms with Crippen LogP contribution < -0.4 is 10.6 Å². The van der Waals surface area contributed by atoms with Crippen LogP contribution in [-0.4, -0.2) is 41.5 Å². The molecule has 0 aliphatic rings. The Morgan fingerprint density at radius 3 is 1.36 bits per heavy atom. The molecule has 0 saturated carbocycles. The fourth-order valence-electron chi connectivity index (χ4n) is 3.69. The second kappa shape index (κ2) is 12.7. The van der Waals surface area contributed by atoms with Crippen LogP contribution >= 0.6 is 23.2 Å². The molecule has 0 aliphatic carbocycles. The first-order valence-electron chi connectivity index (χ1n) is 11.3. The van der Waals surface area contributed by atoms with Crippen LogP contribution in [0.1, 0.15) is 33.6 Å². The van der Waals surface area contributed by atoms with E-state index in [0.717, 1.165) is 24.9 Å². The Balaban J connectivity index is 1.67. The van der Waals surface area contributed by atoms with E-state index >= 15 is 0 Å². The van der Waals surface area contributed by atoms with Crippen molar-refractivity contribution in [1.29, 1.82) is 0 Å². The first-order valence-corrected chi connectivity index (χ1v) is 18.2. The molecule has 2 amide bonds. The zero-order valence-corrected chi connectivity index (χ0v) is 23.4. The molecule has 2 aromatic rings. The highest BCUT2D eigenvalue weighted by atomic mass is 35.5. The molecular weight excluding hydrogens is 491 g/mol. The third-order valence-electron chi connectivity index (χ3n) is 5.25. The van der Waals surface area contributed by atoms with Gasteiger partial charge in [0.25, 0.3) is 11.8 Å². The number of rotatable bonds is 12. The van der Waals surface area contributed by atoms with Crippen molar-refractivity contribution >= 4 is 51.7 Å². The summed E-state index contributed by atoms with van der Waals surface area (Å²) in [7, 11) is -3.69. The summed E-state index contributed by atoms with van der Waals surface area (Å²) in [4.78, 5) is 24.4. The molecule has 0 heterocycles. The smallest absolute Gasteiger partial charge is 0.251 e. The van der Waals surface area contributed by atoms with Gasteiger partial charge in [-0.15, -0.1) is 0 Å². The second-order valence-electron chi connectivity index (χ2n) is 9.35. The zero-order valence-electron chi connectivity index (χ0n) is 19.8. The van der Waals surface area contributed by atoms with E-state index in [1.165, 1.54) is 0 Å². The number of carbonyl (C=O) groups is 2. The number of amides is 2. The van der Waals surface area contributed by atoms with E-state index in [1.807, 2.05) is 0 Å². The van der Waals surface area contributed by atoms with Gasteiger partial charge >= 0.3 is 0 Å². The normalized spacial score (nSPS) is 11.8. The highest BCUT2D eigenvalue weighted by molar-refractivity contribution is 6.84. The SMILES string of the molecule is C[Si](C)(CCCNC(=O)c1ccc(Cl)cc1)O[Si](C)(C)CCCNC(=O)c1ccc(Cl)cc1. The minimum Gasteiger partial charge on any atom is -0.455 e. The number of hydrogen-bond acceptors (Lipinski definition) is 3. The molecule has 0 fully saturated rings. The second-order valence-corrected chi connectivity index (χ2v) is 19.1. The number of halogens is 2. The highest BCUT2D eigenvalue weighted by Gasteiger charge is 2.32. The van der Waals surface area contributed by atoms with Gasteiger partial charge in [-0.25, -0.2) is 0 Å². The van der Waals surface area contributed by atoms with Gasteiger partial charge in [0.1, 0.15) is 0 Å². The van der Waals surface area contributed by atoms with Crippen LogP contribution in [0.3, 0.4) is 0 Å².